The first-order valence-corrected chi connectivity index (χ1v) is 12.7. The largest absolute Gasteiger partial charge is 0.459 e. The number of nitrogens with one attached hydrogen (secondary N) is 1. The number of aryl methyl sites for hydroxylation is 1. The van der Waals surface area contributed by atoms with Crippen LogP contribution in [0.4, 0.5) is 4.39 Å². The third-order valence-corrected chi connectivity index (χ3v) is 7.73. The third-order valence-electron chi connectivity index (χ3n) is 5.86. The molecule has 1 saturated heterocycles. The molecule has 2 aromatic carbocycles. The Morgan fingerprint density at radius 3 is 2.11 bits per heavy atom. The second-order valence-electron chi connectivity index (χ2n) is 8.31. The van der Waals surface area contributed by atoms with E-state index in [9.17, 15) is 27.2 Å². The molecule has 0 aliphatic carbocycles. The Bertz CT molecular complexity index is 1350. The number of carbonyl (C=O) groups excluding carboxylic acids is 3. The Balaban J connectivity index is 1.56. The summed E-state index contributed by atoms with van der Waals surface area (Å²) in [5, 5.41) is 0.412. The minimum absolute atomic E-state index is 0.00201. The highest BCUT2D eigenvalue weighted by Crippen LogP contribution is 2.19. The second-order valence-corrected chi connectivity index (χ2v) is 10.3. The molecule has 0 spiro atoms. The minimum atomic E-state index is -4.34. The van der Waals surface area contributed by atoms with Crippen molar-refractivity contribution in [2.75, 3.05) is 26.2 Å². The van der Waals surface area contributed by atoms with Gasteiger partial charge in [0, 0.05) is 31.7 Å². The summed E-state index contributed by atoms with van der Waals surface area (Å²) in [5.74, 6) is -2.39. The Morgan fingerprint density at radius 2 is 1.53 bits per heavy atom. The van der Waals surface area contributed by atoms with Crippen molar-refractivity contribution >= 4 is 27.6 Å². The number of halogens is 1. The molecular formula is C25H24FN3O6S. The Morgan fingerprint density at radius 1 is 0.917 bits per heavy atom. The number of furan rings is 1. The van der Waals surface area contributed by atoms with Gasteiger partial charge in [0.1, 0.15) is 5.82 Å². The van der Waals surface area contributed by atoms with Crippen LogP contribution in [0.1, 0.15) is 26.5 Å². The maximum absolute atomic E-state index is 13.5. The van der Waals surface area contributed by atoms with Crippen LogP contribution in [0.5, 0.6) is 0 Å². The lowest BCUT2D eigenvalue weighted by atomic mass is 10.2. The maximum atomic E-state index is 13.5. The van der Waals surface area contributed by atoms with Gasteiger partial charge >= 0.3 is 0 Å². The van der Waals surface area contributed by atoms with Crippen LogP contribution in [0.2, 0.25) is 0 Å². The van der Waals surface area contributed by atoms with Gasteiger partial charge in [-0.05, 0) is 55.5 Å². The molecule has 1 aliphatic heterocycles. The number of hydrogen-bond acceptors (Lipinski definition) is 6. The van der Waals surface area contributed by atoms with Crippen molar-refractivity contribution in [1.29, 1.82) is 0 Å². The summed E-state index contributed by atoms with van der Waals surface area (Å²) in [6.07, 6.45) is 1.39. The summed E-state index contributed by atoms with van der Waals surface area (Å²) >= 11 is 0. The zero-order valence-electron chi connectivity index (χ0n) is 19.4. The molecule has 188 valence electrons. The number of rotatable bonds is 6. The van der Waals surface area contributed by atoms with Crippen molar-refractivity contribution < 1.29 is 31.6 Å². The highest BCUT2D eigenvalue weighted by molar-refractivity contribution is 7.92. The summed E-state index contributed by atoms with van der Waals surface area (Å²) < 4.78 is 45.4. The number of amides is 3. The molecule has 9 nitrogen and oxygen atoms in total. The van der Waals surface area contributed by atoms with Crippen LogP contribution in [0.3, 0.4) is 0 Å². The van der Waals surface area contributed by atoms with E-state index in [-0.39, 0.29) is 48.3 Å². The summed E-state index contributed by atoms with van der Waals surface area (Å²) in [4.78, 5) is 41.5. The van der Waals surface area contributed by atoms with E-state index in [1.165, 1.54) is 46.4 Å². The van der Waals surface area contributed by atoms with Gasteiger partial charge < -0.3 is 19.5 Å². The summed E-state index contributed by atoms with van der Waals surface area (Å²) in [6.45, 7) is 2.25. The fraction of sp³-hybridized carbons (Fsp3) is 0.240. The molecule has 0 radical (unpaired) electrons. The molecule has 1 fully saturated rings. The van der Waals surface area contributed by atoms with Crippen molar-refractivity contribution in [2.45, 2.75) is 17.2 Å². The van der Waals surface area contributed by atoms with Gasteiger partial charge in [0.15, 0.2) is 5.76 Å². The average Bonchev–Trinajstić information content (AvgIpc) is 3.42. The van der Waals surface area contributed by atoms with Crippen LogP contribution in [0, 0.1) is 12.7 Å². The highest BCUT2D eigenvalue weighted by Gasteiger charge is 2.39. The van der Waals surface area contributed by atoms with Crippen LogP contribution < -0.4 is 5.32 Å². The zero-order chi connectivity index (χ0) is 25.9. The SMILES string of the molecule is Cc1ccc(S(=O)(=O)[C@@H](NC(=O)c2ccc(F)cc2)C(=O)N2CCN(C(=O)c3ccco3)CC2)cc1. The number of nitrogens with zero attached hydrogens (tertiary/aromatic N) is 2. The van der Waals surface area contributed by atoms with Gasteiger partial charge in [-0.2, -0.15) is 0 Å². The molecule has 2 heterocycles. The van der Waals surface area contributed by atoms with Crippen molar-refractivity contribution in [3.63, 3.8) is 0 Å². The van der Waals surface area contributed by atoms with Gasteiger partial charge in [0.05, 0.1) is 11.2 Å². The van der Waals surface area contributed by atoms with Crippen molar-refractivity contribution in [2.24, 2.45) is 0 Å². The van der Waals surface area contributed by atoms with Gasteiger partial charge in [-0.25, -0.2) is 12.8 Å². The number of piperazine rings is 1. The standard InChI is InChI=1S/C25H24FN3O6S/c1-17-4-10-20(11-5-17)36(33,34)23(27-22(30)18-6-8-19(26)9-7-18)25(32)29-14-12-28(13-15-29)24(31)21-3-2-16-35-21/h2-11,16,23H,12-15H2,1H3,(H,27,30)/t23-/m1/s1. The molecule has 1 aromatic heterocycles. The first-order chi connectivity index (χ1) is 17.2. The normalized spacial score (nSPS) is 14.8. The Kier molecular flexibility index (Phi) is 7.20. The number of benzene rings is 2. The van der Waals surface area contributed by atoms with Gasteiger partial charge in [-0.15, -0.1) is 0 Å². The average molecular weight is 514 g/mol. The first-order valence-electron chi connectivity index (χ1n) is 11.2. The van der Waals surface area contributed by atoms with Crippen molar-refractivity contribution in [1.82, 2.24) is 15.1 Å². The predicted molar refractivity (Wildman–Crippen MR) is 127 cm³/mol. The molecule has 3 aromatic rings. The quantitative estimate of drug-likeness (QED) is 0.540. The van der Waals surface area contributed by atoms with Crippen LogP contribution >= 0.6 is 0 Å². The molecule has 0 unspecified atom stereocenters. The van der Waals surface area contributed by atoms with E-state index in [2.05, 4.69) is 5.32 Å². The molecule has 1 atom stereocenters. The molecule has 3 amide bonds. The molecule has 0 bridgehead atoms. The lowest BCUT2D eigenvalue weighted by Crippen LogP contribution is -2.57. The van der Waals surface area contributed by atoms with E-state index >= 15 is 0 Å². The molecule has 0 saturated carbocycles. The predicted octanol–water partition coefficient (Wildman–Crippen LogP) is 2.24. The van der Waals surface area contributed by atoms with Crippen LogP contribution in [0.15, 0.2) is 76.2 Å². The maximum Gasteiger partial charge on any atom is 0.289 e. The fourth-order valence-electron chi connectivity index (χ4n) is 3.79. The molecular weight excluding hydrogens is 489 g/mol. The van der Waals surface area contributed by atoms with E-state index in [4.69, 9.17) is 4.42 Å². The molecule has 1 aliphatic rings. The van der Waals surface area contributed by atoms with Gasteiger partial charge in [0.25, 0.3) is 17.7 Å². The van der Waals surface area contributed by atoms with E-state index < -0.39 is 32.8 Å². The van der Waals surface area contributed by atoms with Gasteiger partial charge in [0.2, 0.25) is 15.2 Å². The summed E-state index contributed by atoms with van der Waals surface area (Å²) in [5.41, 5.74) is 0.826. The Labute approximate surface area is 207 Å². The van der Waals surface area contributed by atoms with Gasteiger partial charge in [-0.1, -0.05) is 17.7 Å². The lowest BCUT2D eigenvalue weighted by molar-refractivity contribution is -0.132. The fourth-order valence-corrected chi connectivity index (χ4v) is 5.26. The minimum Gasteiger partial charge on any atom is -0.459 e. The molecule has 1 N–H and O–H groups in total. The van der Waals surface area contributed by atoms with Gasteiger partial charge in [-0.3, -0.25) is 14.4 Å². The van der Waals surface area contributed by atoms with Crippen LogP contribution in [0.25, 0.3) is 0 Å². The van der Waals surface area contributed by atoms with E-state index in [0.29, 0.717) is 0 Å². The third kappa shape index (κ3) is 5.30. The van der Waals surface area contributed by atoms with E-state index in [1.807, 2.05) is 0 Å². The lowest BCUT2D eigenvalue weighted by Gasteiger charge is -2.36. The highest BCUT2D eigenvalue weighted by atomic mass is 32.2. The van der Waals surface area contributed by atoms with E-state index in [1.54, 1.807) is 25.1 Å². The van der Waals surface area contributed by atoms with E-state index in [0.717, 1.165) is 17.7 Å². The van der Waals surface area contributed by atoms with Crippen molar-refractivity contribution in [3.8, 4) is 0 Å². The number of carbonyl (C=O) groups is 3. The topological polar surface area (TPSA) is 117 Å². The number of hydrogen-bond donors (Lipinski definition) is 1. The number of sulfone groups is 1. The smallest absolute Gasteiger partial charge is 0.289 e. The monoisotopic (exact) mass is 513 g/mol. The summed E-state index contributed by atoms with van der Waals surface area (Å²) in [6, 6.07) is 13.6. The van der Waals surface area contributed by atoms with Crippen molar-refractivity contribution in [3.05, 3.63) is 89.6 Å². The van der Waals surface area contributed by atoms with Crippen LogP contribution in [-0.4, -0.2) is 67.5 Å². The molecule has 36 heavy (non-hydrogen) atoms. The van der Waals surface area contributed by atoms with Crippen LogP contribution in [-0.2, 0) is 14.6 Å². The summed E-state index contributed by atoms with van der Waals surface area (Å²) in [7, 11) is -4.34. The second kappa shape index (κ2) is 10.3. The molecule has 11 heteroatoms. The molecule has 4 rings (SSSR count). The first kappa shape index (κ1) is 25.1. The zero-order valence-corrected chi connectivity index (χ0v) is 20.2. The Hall–Kier alpha value is -3.99.